The molecule has 16 heavy (non-hydrogen) atoms. The minimum absolute atomic E-state index is 0.152. The molecule has 1 rings (SSSR count). The van der Waals surface area contributed by atoms with Gasteiger partial charge in [0.2, 0.25) is 0 Å². The SMILES string of the molecule is COc1cccc(C(C)CCC(C)=O)c1O. The van der Waals surface area contributed by atoms with Gasteiger partial charge >= 0.3 is 0 Å². The van der Waals surface area contributed by atoms with Crippen molar-refractivity contribution in [2.24, 2.45) is 0 Å². The van der Waals surface area contributed by atoms with Crippen LogP contribution in [0.4, 0.5) is 0 Å². The summed E-state index contributed by atoms with van der Waals surface area (Å²) < 4.78 is 5.04. The van der Waals surface area contributed by atoms with Crippen LogP contribution in [0, 0.1) is 0 Å². The van der Waals surface area contributed by atoms with Gasteiger partial charge in [-0.3, -0.25) is 0 Å². The van der Waals surface area contributed by atoms with Crippen molar-refractivity contribution in [3.05, 3.63) is 23.8 Å². The summed E-state index contributed by atoms with van der Waals surface area (Å²) in [6.45, 7) is 3.58. The molecule has 0 saturated heterocycles. The van der Waals surface area contributed by atoms with Crippen molar-refractivity contribution < 1.29 is 14.6 Å². The molecule has 1 atom stereocenters. The summed E-state index contributed by atoms with van der Waals surface area (Å²) >= 11 is 0. The second kappa shape index (κ2) is 5.54. The number of rotatable bonds is 5. The number of benzene rings is 1. The molecule has 0 bridgehead atoms. The van der Waals surface area contributed by atoms with Gasteiger partial charge in [-0.15, -0.1) is 0 Å². The van der Waals surface area contributed by atoms with Gasteiger partial charge in [-0.2, -0.15) is 0 Å². The number of hydrogen-bond donors (Lipinski definition) is 1. The van der Waals surface area contributed by atoms with E-state index in [1.165, 1.54) is 7.11 Å². The molecule has 0 saturated carbocycles. The molecular formula is C13H18O3. The standard InChI is InChI=1S/C13H18O3/c1-9(7-8-10(2)14)11-5-4-6-12(16-3)13(11)15/h4-6,9,15H,7-8H2,1-3H3. The van der Waals surface area contributed by atoms with Gasteiger partial charge in [-0.05, 0) is 25.3 Å². The number of carbonyl (C=O) groups excluding carboxylic acids is 1. The average molecular weight is 222 g/mol. The highest BCUT2D eigenvalue weighted by atomic mass is 16.5. The summed E-state index contributed by atoms with van der Waals surface area (Å²) in [6.07, 6.45) is 1.29. The number of methoxy groups -OCH3 is 1. The lowest BCUT2D eigenvalue weighted by atomic mass is 9.94. The van der Waals surface area contributed by atoms with Crippen LogP contribution in [0.1, 0.15) is 38.2 Å². The van der Waals surface area contributed by atoms with Crippen LogP contribution >= 0.6 is 0 Å². The molecule has 1 N–H and O–H groups in total. The van der Waals surface area contributed by atoms with Crippen LogP contribution in [0.3, 0.4) is 0 Å². The van der Waals surface area contributed by atoms with E-state index in [1.54, 1.807) is 13.0 Å². The molecule has 0 radical (unpaired) electrons. The molecule has 0 heterocycles. The molecule has 3 heteroatoms. The third-order valence-electron chi connectivity index (χ3n) is 2.71. The molecule has 0 aromatic heterocycles. The highest BCUT2D eigenvalue weighted by molar-refractivity contribution is 5.75. The highest BCUT2D eigenvalue weighted by Crippen LogP contribution is 2.35. The largest absolute Gasteiger partial charge is 0.504 e. The Morgan fingerprint density at radius 3 is 2.75 bits per heavy atom. The number of Topliss-reactive ketones (excluding diaryl/α,β-unsaturated/α-hetero) is 1. The first kappa shape index (κ1) is 12.6. The predicted octanol–water partition coefficient (Wildman–Crippen LogP) is 2.87. The minimum atomic E-state index is 0.152. The quantitative estimate of drug-likeness (QED) is 0.833. The maximum atomic E-state index is 10.9. The van der Waals surface area contributed by atoms with E-state index >= 15 is 0 Å². The Hall–Kier alpha value is -1.51. The second-order valence-electron chi connectivity index (χ2n) is 4.04. The summed E-state index contributed by atoms with van der Waals surface area (Å²) in [7, 11) is 1.53. The molecule has 1 aromatic carbocycles. The first-order valence-electron chi connectivity index (χ1n) is 5.41. The zero-order valence-corrected chi connectivity index (χ0v) is 9.99. The maximum Gasteiger partial charge on any atom is 0.161 e. The minimum Gasteiger partial charge on any atom is -0.504 e. The van der Waals surface area contributed by atoms with E-state index in [-0.39, 0.29) is 17.5 Å². The van der Waals surface area contributed by atoms with Crippen molar-refractivity contribution in [3.8, 4) is 11.5 Å². The van der Waals surface area contributed by atoms with Crippen molar-refractivity contribution >= 4 is 5.78 Å². The van der Waals surface area contributed by atoms with Gasteiger partial charge in [-0.25, -0.2) is 0 Å². The van der Waals surface area contributed by atoms with Crippen LogP contribution in [0.25, 0.3) is 0 Å². The summed E-state index contributed by atoms with van der Waals surface area (Å²) in [6, 6.07) is 5.43. The van der Waals surface area contributed by atoms with E-state index in [0.717, 1.165) is 12.0 Å². The number of phenols is 1. The van der Waals surface area contributed by atoms with E-state index < -0.39 is 0 Å². The second-order valence-corrected chi connectivity index (χ2v) is 4.04. The van der Waals surface area contributed by atoms with Gasteiger partial charge in [0.15, 0.2) is 11.5 Å². The van der Waals surface area contributed by atoms with Crippen LogP contribution in [0.2, 0.25) is 0 Å². The number of ether oxygens (including phenoxy) is 1. The molecule has 0 fully saturated rings. The van der Waals surface area contributed by atoms with Crippen LogP contribution in [0.5, 0.6) is 11.5 Å². The van der Waals surface area contributed by atoms with E-state index in [9.17, 15) is 9.90 Å². The monoisotopic (exact) mass is 222 g/mol. The lowest BCUT2D eigenvalue weighted by Gasteiger charge is -2.14. The van der Waals surface area contributed by atoms with Crippen molar-refractivity contribution in [2.45, 2.75) is 32.6 Å². The molecular weight excluding hydrogens is 204 g/mol. The van der Waals surface area contributed by atoms with Crippen molar-refractivity contribution in [1.82, 2.24) is 0 Å². The zero-order valence-electron chi connectivity index (χ0n) is 9.99. The van der Waals surface area contributed by atoms with Gasteiger partial charge in [0.05, 0.1) is 7.11 Å². The molecule has 0 aliphatic carbocycles. The van der Waals surface area contributed by atoms with E-state index in [1.807, 2.05) is 19.1 Å². The fourth-order valence-electron chi connectivity index (χ4n) is 1.68. The maximum absolute atomic E-state index is 10.9. The number of aromatic hydroxyl groups is 1. The normalized spacial score (nSPS) is 12.2. The Labute approximate surface area is 96.1 Å². The van der Waals surface area contributed by atoms with Crippen LogP contribution in [0.15, 0.2) is 18.2 Å². The number of phenolic OH excluding ortho intramolecular Hbond substituents is 1. The lowest BCUT2D eigenvalue weighted by molar-refractivity contribution is -0.117. The Morgan fingerprint density at radius 1 is 1.50 bits per heavy atom. The van der Waals surface area contributed by atoms with Gasteiger partial charge in [0.25, 0.3) is 0 Å². The summed E-state index contributed by atoms with van der Waals surface area (Å²) in [5.74, 6) is 0.987. The van der Waals surface area contributed by atoms with Crippen molar-refractivity contribution in [1.29, 1.82) is 0 Å². The smallest absolute Gasteiger partial charge is 0.161 e. The lowest BCUT2D eigenvalue weighted by Crippen LogP contribution is -1.99. The highest BCUT2D eigenvalue weighted by Gasteiger charge is 2.14. The predicted molar refractivity (Wildman–Crippen MR) is 63.0 cm³/mol. The molecule has 88 valence electrons. The number of para-hydroxylation sites is 1. The number of hydrogen-bond acceptors (Lipinski definition) is 3. The van der Waals surface area contributed by atoms with E-state index in [2.05, 4.69) is 0 Å². The van der Waals surface area contributed by atoms with Crippen LogP contribution < -0.4 is 4.74 Å². The van der Waals surface area contributed by atoms with E-state index in [4.69, 9.17) is 4.74 Å². The Morgan fingerprint density at radius 2 is 2.19 bits per heavy atom. The van der Waals surface area contributed by atoms with Gasteiger partial charge in [0.1, 0.15) is 5.78 Å². The van der Waals surface area contributed by atoms with Gasteiger partial charge in [0, 0.05) is 12.0 Å². The van der Waals surface area contributed by atoms with Crippen molar-refractivity contribution in [3.63, 3.8) is 0 Å². The van der Waals surface area contributed by atoms with Crippen LogP contribution in [-0.4, -0.2) is 18.0 Å². The summed E-state index contributed by atoms with van der Waals surface area (Å²) in [5.41, 5.74) is 0.834. The average Bonchev–Trinajstić information content (AvgIpc) is 2.26. The third kappa shape index (κ3) is 2.99. The number of carbonyl (C=O) groups is 1. The summed E-state index contributed by atoms with van der Waals surface area (Å²) in [4.78, 5) is 10.9. The zero-order chi connectivity index (χ0) is 12.1. The summed E-state index contributed by atoms with van der Waals surface area (Å²) in [5, 5.41) is 9.91. The molecule has 0 spiro atoms. The molecule has 1 unspecified atom stereocenters. The molecule has 3 nitrogen and oxygen atoms in total. The Bertz CT molecular complexity index is 371. The molecule has 0 aliphatic rings. The first-order chi connectivity index (χ1) is 7.56. The fraction of sp³-hybridized carbons (Fsp3) is 0.462. The van der Waals surface area contributed by atoms with Crippen LogP contribution in [-0.2, 0) is 4.79 Å². The van der Waals surface area contributed by atoms with Crippen molar-refractivity contribution in [2.75, 3.05) is 7.11 Å². The molecule has 1 aromatic rings. The van der Waals surface area contributed by atoms with Gasteiger partial charge < -0.3 is 14.6 Å². The molecule has 0 amide bonds. The third-order valence-corrected chi connectivity index (χ3v) is 2.71. The Balaban J connectivity index is 2.82. The Kier molecular flexibility index (Phi) is 4.35. The number of ketones is 1. The first-order valence-corrected chi connectivity index (χ1v) is 5.41. The molecule has 0 aliphatic heterocycles. The van der Waals surface area contributed by atoms with Gasteiger partial charge in [-0.1, -0.05) is 19.1 Å². The fourth-order valence-corrected chi connectivity index (χ4v) is 1.68. The topological polar surface area (TPSA) is 46.5 Å². The van der Waals surface area contributed by atoms with E-state index in [0.29, 0.717) is 12.2 Å².